The average Bonchev–Trinajstić information content (AvgIpc) is 2.08. The quantitative estimate of drug-likeness (QED) is 0.838. The maximum atomic E-state index is 13.3. The van der Waals surface area contributed by atoms with Crippen molar-refractivity contribution in [1.29, 1.82) is 0 Å². The van der Waals surface area contributed by atoms with Crippen LogP contribution in [0.1, 0.15) is 13.3 Å². The van der Waals surface area contributed by atoms with Crippen LogP contribution in [0.2, 0.25) is 5.02 Å². The van der Waals surface area contributed by atoms with Crippen LogP contribution in [0.15, 0.2) is 18.2 Å². The number of hydrogen-bond donors (Lipinski definition) is 2. The summed E-state index contributed by atoms with van der Waals surface area (Å²) in [5.41, 5.74) is 0.258. The van der Waals surface area contributed by atoms with E-state index in [0.717, 1.165) is 0 Å². The lowest BCUT2D eigenvalue weighted by Crippen LogP contribution is -2.19. The van der Waals surface area contributed by atoms with Crippen LogP contribution < -0.4 is 5.32 Å². The molecule has 82 valence electrons. The molecule has 3 nitrogen and oxygen atoms in total. The fourth-order valence-electron chi connectivity index (χ4n) is 1.18. The Bertz CT molecular complexity index is 370. The molecule has 0 saturated heterocycles. The zero-order valence-corrected chi connectivity index (χ0v) is 8.88. The van der Waals surface area contributed by atoms with E-state index in [1.54, 1.807) is 13.0 Å². The number of anilines is 1. The average molecular weight is 232 g/mol. The van der Waals surface area contributed by atoms with Gasteiger partial charge in [-0.05, 0) is 25.1 Å². The summed E-state index contributed by atoms with van der Waals surface area (Å²) in [5, 5.41) is 11.6. The number of aliphatic carboxylic acids is 1. The van der Waals surface area contributed by atoms with Crippen molar-refractivity contribution in [2.45, 2.75) is 19.4 Å². The van der Waals surface area contributed by atoms with E-state index in [2.05, 4.69) is 5.32 Å². The zero-order chi connectivity index (χ0) is 11.4. The van der Waals surface area contributed by atoms with Crippen LogP contribution in [-0.2, 0) is 4.79 Å². The number of carboxylic acid groups (broad SMARTS) is 1. The van der Waals surface area contributed by atoms with Crippen molar-refractivity contribution in [3.05, 3.63) is 29.0 Å². The van der Waals surface area contributed by atoms with Crippen molar-refractivity contribution in [2.75, 3.05) is 5.32 Å². The molecule has 0 aliphatic carbocycles. The van der Waals surface area contributed by atoms with Gasteiger partial charge < -0.3 is 10.4 Å². The molecule has 0 aromatic heterocycles. The molecule has 1 atom stereocenters. The third kappa shape index (κ3) is 3.75. The molecule has 0 heterocycles. The van der Waals surface area contributed by atoms with E-state index < -0.39 is 11.8 Å². The molecule has 0 spiro atoms. The first-order chi connectivity index (χ1) is 6.99. The molecule has 15 heavy (non-hydrogen) atoms. The summed E-state index contributed by atoms with van der Waals surface area (Å²) in [5.74, 6) is -1.41. The van der Waals surface area contributed by atoms with Gasteiger partial charge in [-0.3, -0.25) is 4.79 Å². The second-order valence-electron chi connectivity index (χ2n) is 3.27. The SMILES string of the molecule is CC(CC(=O)O)Nc1ccc(Cl)cc1F. The predicted octanol–water partition coefficient (Wildman–Crippen LogP) is 2.75. The second-order valence-corrected chi connectivity index (χ2v) is 3.70. The van der Waals surface area contributed by atoms with E-state index in [0.29, 0.717) is 5.02 Å². The van der Waals surface area contributed by atoms with Crippen molar-refractivity contribution in [3.63, 3.8) is 0 Å². The summed E-state index contributed by atoms with van der Waals surface area (Å²) in [6, 6.07) is 3.87. The van der Waals surface area contributed by atoms with Crippen LogP contribution >= 0.6 is 11.6 Å². The van der Waals surface area contributed by atoms with Crippen LogP contribution in [0.4, 0.5) is 10.1 Å². The van der Waals surface area contributed by atoms with Crippen molar-refractivity contribution in [2.24, 2.45) is 0 Å². The molecule has 0 bridgehead atoms. The summed E-state index contributed by atoms with van der Waals surface area (Å²) in [7, 11) is 0. The minimum Gasteiger partial charge on any atom is -0.481 e. The Hall–Kier alpha value is -1.29. The van der Waals surface area contributed by atoms with E-state index in [-0.39, 0.29) is 18.2 Å². The van der Waals surface area contributed by atoms with Gasteiger partial charge in [0.15, 0.2) is 0 Å². The third-order valence-corrected chi connectivity index (χ3v) is 2.05. The molecule has 1 aromatic carbocycles. The second kappa shape index (κ2) is 4.98. The van der Waals surface area contributed by atoms with E-state index in [1.165, 1.54) is 12.1 Å². The molecule has 2 N–H and O–H groups in total. The molecule has 0 saturated carbocycles. The summed E-state index contributed by atoms with van der Waals surface area (Å²) in [6.07, 6.45) is -0.0674. The highest BCUT2D eigenvalue weighted by atomic mass is 35.5. The molecule has 1 rings (SSSR count). The van der Waals surface area contributed by atoms with E-state index in [4.69, 9.17) is 16.7 Å². The van der Waals surface area contributed by atoms with E-state index in [9.17, 15) is 9.18 Å². The van der Waals surface area contributed by atoms with Crippen LogP contribution in [0.3, 0.4) is 0 Å². The van der Waals surface area contributed by atoms with Crippen molar-refractivity contribution in [3.8, 4) is 0 Å². The van der Waals surface area contributed by atoms with Gasteiger partial charge in [0.2, 0.25) is 0 Å². The zero-order valence-electron chi connectivity index (χ0n) is 8.13. The standard InChI is InChI=1S/C10H11ClFNO2/c1-6(4-10(14)15)13-9-3-2-7(11)5-8(9)12/h2-3,5-6,13H,4H2,1H3,(H,14,15). The summed E-state index contributed by atoms with van der Waals surface area (Å²) >= 11 is 5.58. The van der Waals surface area contributed by atoms with Crippen LogP contribution in [0.5, 0.6) is 0 Å². The number of halogens is 2. The van der Waals surface area contributed by atoms with Gasteiger partial charge in [0.25, 0.3) is 0 Å². The van der Waals surface area contributed by atoms with E-state index in [1.807, 2.05) is 0 Å². The lowest BCUT2D eigenvalue weighted by Gasteiger charge is -2.13. The van der Waals surface area contributed by atoms with Crippen molar-refractivity contribution >= 4 is 23.3 Å². The number of nitrogens with one attached hydrogen (secondary N) is 1. The number of rotatable bonds is 4. The largest absolute Gasteiger partial charge is 0.481 e. The number of benzene rings is 1. The van der Waals surface area contributed by atoms with Crippen molar-refractivity contribution in [1.82, 2.24) is 0 Å². The highest BCUT2D eigenvalue weighted by molar-refractivity contribution is 6.30. The first-order valence-electron chi connectivity index (χ1n) is 4.42. The Morgan fingerprint density at radius 2 is 2.33 bits per heavy atom. The highest BCUT2D eigenvalue weighted by Gasteiger charge is 2.09. The molecule has 0 aliphatic heterocycles. The molecule has 1 unspecified atom stereocenters. The normalized spacial score (nSPS) is 12.2. The first kappa shape index (κ1) is 11.8. The molecule has 0 aliphatic rings. The summed E-state index contributed by atoms with van der Waals surface area (Å²) < 4.78 is 13.3. The maximum Gasteiger partial charge on any atom is 0.305 e. The molecular formula is C10H11ClFNO2. The van der Waals surface area contributed by atoms with Crippen LogP contribution in [-0.4, -0.2) is 17.1 Å². The summed E-state index contributed by atoms with van der Waals surface area (Å²) in [6.45, 7) is 1.67. The van der Waals surface area contributed by atoms with E-state index >= 15 is 0 Å². The Labute approximate surface area is 91.9 Å². The minimum absolute atomic E-state index is 0.0674. The topological polar surface area (TPSA) is 49.3 Å². The van der Waals surface area contributed by atoms with Gasteiger partial charge in [-0.25, -0.2) is 4.39 Å². The van der Waals surface area contributed by atoms with Gasteiger partial charge in [0, 0.05) is 11.1 Å². The molecule has 0 fully saturated rings. The van der Waals surface area contributed by atoms with Gasteiger partial charge in [0.05, 0.1) is 12.1 Å². The van der Waals surface area contributed by atoms with Crippen molar-refractivity contribution < 1.29 is 14.3 Å². The molecule has 0 radical (unpaired) electrons. The molecular weight excluding hydrogens is 221 g/mol. The first-order valence-corrected chi connectivity index (χ1v) is 4.80. The van der Waals surface area contributed by atoms with Gasteiger partial charge >= 0.3 is 5.97 Å². The van der Waals surface area contributed by atoms with Gasteiger partial charge in [0.1, 0.15) is 5.82 Å². The number of hydrogen-bond acceptors (Lipinski definition) is 2. The monoisotopic (exact) mass is 231 g/mol. The molecule has 0 amide bonds. The molecule has 5 heteroatoms. The summed E-state index contributed by atoms with van der Waals surface area (Å²) in [4.78, 5) is 10.4. The third-order valence-electron chi connectivity index (χ3n) is 1.81. The predicted molar refractivity (Wildman–Crippen MR) is 56.7 cm³/mol. The van der Waals surface area contributed by atoms with Crippen LogP contribution in [0.25, 0.3) is 0 Å². The number of carboxylic acids is 1. The highest BCUT2D eigenvalue weighted by Crippen LogP contribution is 2.19. The molecule has 1 aromatic rings. The fraction of sp³-hybridized carbons (Fsp3) is 0.300. The fourth-order valence-corrected chi connectivity index (χ4v) is 1.34. The Morgan fingerprint density at radius 3 is 2.87 bits per heavy atom. The Balaban J connectivity index is 2.68. The van der Waals surface area contributed by atoms with Gasteiger partial charge in [-0.15, -0.1) is 0 Å². The van der Waals surface area contributed by atoms with Gasteiger partial charge in [-0.1, -0.05) is 11.6 Å². The number of carbonyl (C=O) groups is 1. The minimum atomic E-state index is -0.927. The smallest absolute Gasteiger partial charge is 0.305 e. The Kier molecular flexibility index (Phi) is 3.91. The lowest BCUT2D eigenvalue weighted by atomic mass is 10.2. The van der Waals surface area contributed by atoms with Gasteiger partial charge in [-0.2, -0.15) is 0 Å². The maximum absolute atomic E-state index is 13.3. The van der Waals surface area contributed by atoms with Crippen LogP contribution in [0, 0.1) is 5.82 Å². The lowest BCUT2D eigenvalue weighted by molar-refractivity contribution is -0.137. The Morgan fingerprint density at radius 1 is 1.67 bits per heavy atom.